The predicted octanol–water partition coefficient (Wildman–Crippen LogP) is -0.250. The molecule has 12 heavy (non-hydrogen) atoms. The lowest BCUT2D eigenvalue weighted by Crippen LogP contribution is -2.47. The maximum atomic E-state index is 10.9. The van der Waals surface area contributed by atoms with E-state index in [1.165, 1.54) is 0 Å². The van der Waals surface area contributed by atoms with E-state index >= 15 is 0 Å². The third kappa shape index (κ3) is 1.71. The summed E-state index contributed by atoms with van der Waals surface area (Å²) in [6, 6.07) is 9.00. The zero-order valence-corrected chi connectivity index (χ0v) is 6.32. The van der Waals surface area contributed by atoms with Gasteiger partial charge in [-0.15, -0.1) is 0 Å². The van der Waals surface area contributed by atoms with Gasteiger partial charge in [0.1, 0.15) is 0 Å². The van der Waals surface area contributed by atoms with Gasteiger partial charge >= 0.3 is 6.03 Å². The summed E-state index contributed by atoms with van der Waals surface area (Å²) in [6.07, 6.45) is 0. The molecule has 1 radical (unpaired) electrons. The Labute approximate surface area is 69.9 Å². The Bertz CT molecular complexity index is 261. The Balaban J connectivity index is 2.78. The molecule has 5 heteroatoms. The van der Waals surface area contributed by atoms with E-state index in [1.807, 2.05) is 5.43 Å². The van der Waals surface area contributed by atoms with Gasteiger partial charge in [-0.05, 0) is 6.07 Å². The lowest BCUT2D eigenvalue weighted by atomic mass is 10.3. The minimum absolute atomic E-state index is 0.459. The average Bonchev–Trinajstić information content (AvgIpc) is 2.17. The molecule has 2 amide bonds. The molecule has 0 bridgehead atoms. The van der Waals surface area contributed by atoms with E-state index in [1.54, 1.807) is 24.3 Å². The van der Waals surface area contributed by atoms with Crippen molar-refractivity contribution in [2.75, 3.05) is 5.01 Å². The number of anilines is 1. The van der Waals surface area contributed by atoms with Crippen LogP contribution in [0.4, 0.5) is 10.5 Å². The molecule has 0 spiro atoms. The van der Waals surface area contributed by atoms with E-state index in [-0.39, 0.29) is 0 Å². The van der Waals surface area contributed by atoms with Gasteiger partial charge in [0.15, 0.2) is 0 Å². The Morgan fingerprint density at radius 1 is 1.58 bits per heavy atom. The number of carbonyl (C=O) groups is 1. The van der Waals surface area contributed by atoms with Crippen LogP contribution in [0.5, 0.6) is 0 Å². The molecule has 0 saturated carbocycles. The van der Waals surface area contributed by atoms with Gasteiger partial charge in [0.05, 0.1) is 5.69 Å². The smallest absolute Gasteiger partial charge is 0.274 e. The quantitative estimate of drug-likeness (QED) is 0.305. The molecular weight excluding hydrogens is 156 g/mol. The van der Waals surface area contributed by atoms with E-state index in [2.05, 4.69) is 6.07 Å². The van der Waals surface area contributed by atoms with Gasteiger partial charge in [0.2, 0.25) is 0 Å². The number of hydrogen-bond acceptors (Lipinski definition) is 3. The molecule has 0 aromatic heterocycles. The number of rotatable bonds is 1. The highest BCUT2D eigenvalue weighted by atomic mass is 16.2. The number of amides is 2. The molecule has 5 nitrogen and oxygen atoms in total. The van der Waals surface area contributed by atoms with E-state index in [4.69, 9.17) is 11.7 Å². The van der Waals surface area contributed by atoms with Crippen molar-refractivity contribution in [1.29, 1.82) is 0 Å². The van der Waals surface area contributed by atoms with Crippen molar-refractivity contribution in [3.63, 3.8) is 0 Å². The van der Waals surface area contributed by atoms with Gasteiger partial charge in [-0.25, -0.2) is 21.5 Å². The molecule has 1 aromatic rings. The first-order valence-corrected chi connectivity index (χ1v) is 3.28. The molecule has 1 rings (SSSR count). The van der Waals surface area contributed by atoms with Crippen molar-refractivity contribution < 1.29 is 4.79 Å². The van der Waals surface area contributed by atoms with Gasteiger partial charge in [-0.1, -0.05) is 18.2 Å². The first kappa shape index (κ1) is 8.51. The Morgan fingerprint density at radius 2 is 2.33 bits per heavy atom. The number of benzene rings is 1. The summed E-state index contributed by atoms with van der Waals surface area (Å²) in [5.74, 6) is 10.2. The van der Waals surface area contributed by atoms with E-state index in [0.29, 0.717) is 5.69 Å². The Morgan fingerprint density at radius 3 is 2.83 bits per heavy atom. The number of urea groups is 1. The zero-order chi connectivity index (χ0) is 8.97. The van der Waals surface area contributed by atoms with Crippen molar-refractivity contribution in [3.05, 3.63) is 30.3 Å². The van der Waals surface area contributed by atoms with Crippen molar-refractivity contribution in [3.8, 4) is 0 Å². The molecule has 0 saturated heterocycles. The van der Waals surface area contributed by atoms with E-state index < -0.39 is 6.03 Å². The number of nitrogens with two attached hydrogens (primary N) is 2. The van der Waals surface area contributed by atoms with Crippen LogP contribution in [0.25, 0.3) is 0 Å². The molecule has 1 aromatic carbocycles. The van der Waals surface area contributed by atoms with Crippen LogP contribution < -0.4 is 22.1 Å². The topological polar surface area (TPSA) is 84.4 Å². The van der Waals surface area contributed by atoms with E-state index in [0.717, 1.165) is 5.01 Å². The van der Waals surface area contributed by atoms with Crippen LogP contribution in [0.2, 0.25) is 0 Å². The first-order chi connectivity index (χ1) is 5.75. The van der Waals surface area contributed by atoms with Gasteiger partial charge < -0.3 is 0 Å². The normalized spacial score (nSPS) is 9.17. The van der Waals surface area contributed by atoms with Crippen LogP contribution >= 0.6 is 0 Å². The highest BCUT2D eigenvalue weighted by Crippen LogP contribution is 2.07. The molecule has 0 fully saturated rings. The SMILES string of the molecule is NNC(=O)N(N)c1[c]cccc1. The third-order valence-corrected chi connectivity index (χ3v) is 1.29. The van der Waals surface area contributed by atoms with Crippen molar-refractivity contribution >= 4 is 11.7 Å². The molecule has 0 unspecified atom stereocenters. The second kappa shape index (κ2) is 3.70. The highest BCUT2D eigenvalue weighted by molar-refractivity contribution is 5.89. The minimum Gasteiger partial charge on any atom is -0.274 e. The van der Waals surface area contributed by atoms with Crippen LogP contribution in [0.15, 0.2) is 24.3 Å². The average molecular weight is 165 g/mol. The van der Waals surface area contributed by atoms with Gasteiger partial charge in [0, 0.05) is 6.07 Å². The second-order valence-electron chi connectivity index (χ2n) is 2.07. The number of carbonyl (C=O) groups excluding carboxylic acids is 1. The molecule has 5 N–H and O–H groups in total. The summed E-state index contributed by atoms with van der Waals surface area (Å²) >= 11 is 0. The lowest BCUT2D eigenvalue weighted by molar-refractivity contribution is 0.246. The Hall–Kier alpha value is -1.59. The van der Waals surface area contributed by atoms with Crippen molar-refractivity contribution in [1.82, 2.24) is 5.43 Å². The standard InChI is InChI=1S/C7H9N4O/c8-10-7(12)11(9)6-4-2-1-3-5-6/h1-4H,8-9H2,(H,10,12). The summed E-state index contributed by atoms with van der Waals surface area (Å²) < 4.78 is 0. The van der Waals surface area contributed by atoms with Crippen LogP contribution in [0.3, 0.4) is 0 Å². The van der Waals surface area contributed by atoms with Crippen LogP contribution in [0, 0.1) is 6.07 Å². The number of para-hydroxylation sites is 1. The number of hydrazine groups is 2. The maximum Gasteiger partial charge on any atom is 0.350 e. The number of nitrogens with zero attached hydrogens (tertiary/aromatic N) is 1. The molecule has 0 aliphatic rings. The molecule has 63 valence electrons. The van der Waals surface area contributed by atoms with Crippen LogP contribution in [-0.4, -0.2) is 6.03 Å². The first-order valence-electron chi connectivity index (χ1n) is 3.28. The number of nitrogens with one attached hydrogen (secondary N) is 1. The molecule has 0 atom stereocenters. The Kier molecular flexibility index (Phi) is 2.62. The third-order valence-electron chi connectivity index (χ3n) is 1.29. The minimum atomic E-state index is -0.586. The zero-order valence-electron chi connectivity index (χ0n) is 6.32. The van der Waals surface area contributed by atoms with Crippen molar-refractivity contribution in [2.45, 2.75) is 0 Å². The predicted molar refractivity (Wildman–Crippen MR) is 44.7 cm³/mol. The summed E-state index contributed by atoms with van der Waals surface area (Å²) in [5.41, 5.74) is 2.36. The monoisotopic (exact) mass is 165 g/mol. The number of hydrogen-bond donors (Lipinski definition) is 3. The molecular formula is C7H9N4O. The van der Waals surface area contributed by atoms with Gasteiger partial charge in [-0.2, -0.15) is 0 Å². The second-order valence-corrected chi connectivity index (χ2v) is 2.07. The highest BCUT2D eigenvalue weighted by Gasteiger charge is 2.07. The fraction of sp³-hybridized carbons (Fsp3) is 0. The van der Waals surface area contributed by atoms with E-state index in [9.17, 15) is 4.79 Å². The van der Waals surface area contributed by atoms with Gasteiger partial charge in [-0.3, -0.25) is 5.43 Å². The van der Waals surface area contributed by atoms with Crippen molar-refractivity contribution in [2.24, 2.45) is 11.7 Å². The lowest BCUT2D eigenvalue weighted by Gasteiger charge is -2.14. The maximum absolute atomic E-state index is 10.9. The summed E-state index contributed by atoms with van der Waals surface area (Å²) in [4.78, 5) is 10.9. The summed E-state index contributed by atoms with van der Waals surface area (Å²) in [5, 5.41) is 0.875. The van der Waals surface area contributed by atoms with Crippen LogP contribution in [-0.2, 0) is 0 Å². The van der Waals surface area contributed by atoms with Gasteiger partial charge in [0.25, 0.3) is 0 Å². The molecule has 0 heterocycles. The fourth-order valence-corrected chi connectivity index (χ4v) is 0.713. The summed E-state index contributed by atoms with van der Waals surface area (Å²) in [7, 11) is 0. The fourth-order valence-electron chi connectivity index (χ4n) is 0.713. The molecule has 0 aliphatic carbocycles. The largest absolute Gasteiger partial charge is 0.350 e. The molecule has 0 aliphatic heterocycles. The summed E-state index contributed by atoms with van der Waals surface area (Å²) in [6.45, 7) is 0. The van der Waals surface area contributed by atoms with Crippen LogP contribution in [0.1, 0.15) is 0 Å².